The van der Waals surface area contributed by atoms with Gasteiger partial charge in [0.1, 0.15) is 0 Å². The summed E-state index contributed by atoms with van der Waals surface area (Å²) >= 11 is 0. The SMILES string of the molecule is O=P(O)(O)C(N(CCN(CCN(C(P(=O)(O)O)P(=O)(O)O)C(P(=O)(O)O)P(=O)(O)O)c1ccccc1)C(P(=O)(O)O)P(=O)(O)O)P(=O)(O)O. The van der Waals surface area contributed by atoms with Crippen molar-refractivity contribution < 1.29 is 115 Å². The second kappa shape index (κ2) is 16.2. The summed E-state index contributed by atoms with van der Waals surface area (Å²) < 4.78 is 97.4. The fourth-order valence-electron chi connectivity index (χ4n) is 4.51. The summed E-state index contributed by atoms with van der Waals surface area (Å²) in [6.45, 7) is -5.43. The van der Waals surface area contributed by atoms with Crippen LogP contribution in [0.25, 0.3) is 0 Å². The molecule has 1 rings (SSSR count). The van der Waals surface area contributed by atoms with Crippen molar-refractivity contribution in [2.24, 2.45) is 0 Å². The minimum Gasteiger partial charge on any atom is -0.369 e. The van der Waals surface area contributed by atoms with E-state index in [9.17, 15) is 115 Å². The summed E-state index contributed by atoms with van der Waals surface area (Å²) in [4.78, 5) is 155. The van der Waals surface area contributed by atoms with Gasteiger partial charge in [0.2, 0.25) is 22.1 Å². The van der Waals surface area contributed by atoms with E-state index in [1.807, 2.05) is 0 Å². The van der Waals surface area contributed by atoms with Crippen molar-refractivity contribution in [2.75, 3.05) is 31.1 Å². The summed E-state index contributed by atoms with van der Waals surface area (Å²) in [6, 6.07) is 6.00. The van der Waals surface area contributed by atoms with Crippen molar-refractivity contribution in [1.29, 1.82) is 0 Å². The Labute approximate surface area is 274 Å². The van der Waals surface area contributed by atoms with E-state index in [0.29, 0.717) is 4.90 Å². The molecule has 0 atom stereocenters. The first kappa shape index (κ1) is 47.2. The maximum atomic E-state index is 12.2. The molecule has 0 aliphatic carbocycles. The van der Waals surface area contributed by atoms with Crippen LogP contribution in [0.2, 0.25) is 0 Å². The summed E-state index contributed by atoms with van der Waals surface area (Å²) in [6.07, 6.45) is 0. The first-order chi connectivity index (χ1) is 21.4. The molecule has 27 nitrogen and oxygen atoms in total. The summed E-state index contributed by atoms with van der Waals surface area (Å²) in [5.74, 6) is 0. The lowest BCUT2D eigenvalue weighted by Crippen LogP contribution is -2.49. The van der Waals surface area contributed by atoms with Gasteiger partial charge in [-0.05, 0) is 12.1 Å². The van der Waals surface area contributed by atoms with E-state index in [4.69, 9.17) is 0 Å². The smallest absolute Gasteiger partial charge is 0.355 e. The fraction of sp³-hybridized carbons (Fsp3) is 0.571. The van der Waals surface area contributed by atoms with E-state index in [-0.39, 0.29) is 5.69 Å². The molecule has 0 bridgehead atoms. The molecule has 0 saturated carbocycles. The van der Waals surface area contributed by atoms with E-state index in [1.165, 1.54) is 18.2 Å². The van der Waals surface area contributed by atoms with Gasteiger partial charge in [-0.3, -0.25) is 46.3 Å². The van der Waals surface area contributed by atoms with Crippen LogP contribution in [0, 0.1) is 0 Å². The van der Waals surface area contributed by atoms with Crippen LogP contribution in [0.4, 0.5) is 5.69 Å². The van der Waals surface area contributed by atoms with Crippen molar-refractivity contribution in [3.05, 3.63) is 30.3 Å². The maximum Gasteiger partial charge on any atom is 0.355 e. The molecule has 0 heterocycles. The molecule has 49 heavy (non-hydrogen) atoms. The highest BCUT2D eigenvalue weighted by Crippen LogP contribution is 2.70. The standard InChI is InChI=1S/C14H33N3O24P8/c18-42(19,20)11(43(21,22)23)16(12(44(24,25)26)45(27,28)29)8-6-15(10-4-2-1-3-5-10)7-9-17(13(46(30,31)32)47(33,34)35)14(48(36,37)38)49(39,40)41/h1-5,11-14H,6-9H2,(H2,18,19,20)(H2,21,22,23)(H2,24,25,26)(H2,27,28,29)(H2,30,31,32)(H2,33,34,35)(H2,36,37,38)(H2,39,40,41). The molecule has 288 valence electrons. The van der Waals surface area contributed by atoms with Gasteiger partial charge >= 0.3 is 60.8 Å². The molecule has 0 aliphatic rings. The largest absolute Gasteiger partial charge is 0.369 e. The van der Waals surface area contributed by atoms with Crippen molar-refractivity contribution in [3.8, 4) is 0 Å². The van der Waals surface area contributed by atoms with E-state index in [2.05, 4.69) is 0 Å². The minimum atomic E-state index is -6.31. The lowest BCUT2D eigenvalue weighted by Gasteiger charge is -2.40. The first-order valence-electron chi connectivity index (χ1n) is 12.2. The molecular formula is C14H33N3O24P8. The van der Waals surface area contributed by atoms with Crippen LogP contribution in [-0.4, -0.2) is 136 Å². The van der Waals surface area contributed by atoms with Gasteiger partial charge in [0.05, 0.1) is 0 Å². The van der Waals surface area contributed by atoms with Crippen LogP contribution in [0.1, 0.15) is 0 Å². The first-order valence-corrected chi connectivity index (χ1v) is 25.6. The number of hydrogen-bond donors (Lipinski definition) is 16. The summed E-state index contributed by atoms with van der Waals surface area (Å²) in [5.41, 5.74) is -14.8. The van der Waals surface area contributed by atoms with E-state index in [1.54, 1.807) is 0 Å². The van der Waals surface area contributed by atoms with Crippen LogP contribution >= 0.6 is 60.8 Å². The molecule has 0 spiro atoms. The van der Waals surface area contributed by atoms with Crippen molar-refractivity contribution in [3.63, 3.8) is 0 Å². The predicted molar refractivity (Wildman–Crippen MR) is 164 cm³/mol. The lowest BCUT2D eigenvalue weighted by atomic mass is 10.3. The van der Waals surface area contributed by atoms with Gasteiger partial charge in [0.25, 0.3) is 0 Å². The van der Waals surface area contributed by atoms with Gasteiger partial charge in [-0.15, -0.1) is 0 Å². The Morgan fingerprint density at radius 2 is 0.571 bits per heavy atom. The number of anilines is 1. The molecule has 0 aliphatic heterocycles. The average Bonchev–Trinajstić information content (AvgIpc) is 2.77. The highest BCUT2D eigenvalue weighted by Gasteiger charge is 2.60. The Morgan fingerprint density at radius 1 is 0.367 bits per heavy atom. The molecule has 0 radical (unpaired) electrons. The number of rotatable bonds is 19. The highest BCUT2D eigenvalue weighted by molar-refractivity contribution is 7.73. The zero-order valence-electron chi connectivity index (χ0n) is 23.9. The molecule has 1 aromatic carbocycles. The molecule has 16 N–H and O–H groups in total. The monoisotopic (exact) mass is 875 g/mol. The topological polar surface area (TPSA) is 470 Å². The molecule has 0 saturated heterocycles. The molecule has 0 fully saturated rings. The van der Waals surface area contributed by atoms with Crippen molar-refractivity contribution in [1.82, 2.24) is 9.80 Å². The third kappa shape index (κ3) is 13.8. The number of hydrogen-bond acceptors (Lipinski definition) is 11. The Kier molecular flexibility index (Phi) is 15.6. The molecule has 1 aromatic rings. The Bertz CT molecular complexity index is 1390. The summed E-state index contributed by atoms with van der Waals surface area (Å²) in [7, 11) is -50.5. The van der Waals surface area contributed by atoms with Crippen LogP contribution in [0.5, 0.6) is 0 Å². The van der Waals surface area contributed by atoms with Gasteiger partial charge in [0, 0.05) is 31.9 Å². The number of benzene rings is 1. The minimum absolute atomic E-state index is 0.219. The van der Waals surface area contributed by atoms with E-state index in [0.717, 1.165) is 12.1 Å². The lowest BCUT2D eigenvalue weighted by molar-refractivity contribution is 0.200. The molecule has 35 heteroatoms. The van der Waals surface area contributed by atoms with E-state index < -0.39 is 119 Å². The van der Waals surface area contributed by atoms with Crippen LogP contribution in [0.15, 0.2) is 30.3 Å². The van der Waals surface area contributed by atoms with Crippen LogP contribution in [-0.2, 0) is 36.5 Å². The fourth-order valence-corrected chi connectivity index (χ4v) is 16.7. The van der Waals surface area contributed by atoms with E-state index >= 15 is 0 Å². The van der Waals surface area contributed by atoms with Gasteiger partial charge in [-0.2, -0.15) is 0 Å². The van der Waals surface area contributed by atoms with Gasteiger partial charge in [-0.1, -0.05) is 18.2 Å². The number of nitrogens with zero attached hydrogens (tertiary/aromatic N) is 3. The van der Waals surface area contributed by atoms with Crippen molar-refractivity contribution >= 4 is 66.5 Å². The zero-order valence-corrected chi connectivity index (χ0v) is 31.0. The maximum absolute atomic E-state index is 12.2. The third-order valence-corrected chi connectivity index (χ3v) is 20.4. The quantitative estimate of drug-likeness (QED) is 0.0647. The second-order valence-electron chi connectivity index (χ2n) is 9.90. The van der Waals surface area contributed by atoms with Crippen LogP contribution in [0.3, 0.4) is 0 Å². The molecular weight excluding hydrogens is 842 g/mol. The highest BCUT2D eigenvalue weighted by atomic mass is 31.3. The average molecular weight is 875 g/mol. The van der Waals surface area contributed by atoms with Gasteiger partial charge in [-0.25, -0.2) is 0 Å². The van der Waals surface area contributed by atoms with Crippen LogP contribution < -0.4 is 4.90 Å². The second-order valence-corrected chi connectivity index (χ2v) is 24.9. The Morgan fingerprint density at radius 3 is 0.755 bits per heavy atom. The zero-order chi connectivity index (χ0) is 39.0. The van der Waals surface area contributed by atoms with Gasteiger partial charge in [0.15, 0.2) is 0 Å². The predicted octanol–water partition coefficient (Wildman–Crippen LogP) is -2.35. The van der Waals surface area contributed by atoms with Crippen molar-refractivity contribution in [2.45, 2.75) is 22.1 Å². The molecule has 0 unspecified atom stereocenters. The normalized spacial score (nSPS) is 15.0. The third-order valence-electron chi connectivity index (χ3n) is 5.97. The summed E-state index contributed by atoms with van der Waals surface area (Å²) in [5, 5.41) is 0. The van der Waals surface area contributed by atoms with Gasteiger partial charge < -0.3 is 83.2 Å². The Balaban J connectivity index is 4.00. The Hall–Kier alpha value is 0.140. The molecule has 0 aromatic heterocycles. The number of para-hydroxylation sites is 1. The molecule has 0 amide bonds.